The third-order valence-corrected chi connectivity index (χ3v) is 6.57. The van der Waals surface area contributed by atoms with Crippen LogP contribution in [0.1, 0.15) is 41.5 Å². The fourth-order valence-corrected chi connectivity index (χ4v) is 4.58. The highest BCUT2D eigenvalue weighted by Crippen LogP contribution is 2.37. The van der Waals surface area contributed by atoms with Crippen molar-refractivity contribution in [2.24, 2.45) is 5.73 Å². The topological polar surface area (TPSA) is 124 Å². The maximum absolute atomic E-state index is 13.4. The minimum absolute atomic E-state index is 0.0533. The van der Waals surface area contributed by atoms with Crippen LogP contribution in [0.25, 0.3) is 22.4 Å². The lowest BCUT2D eigenvalue weighted by atomic mass is 10.1. The van der Waals surface area contributed by atoms with Gasteiger partial charge in [-0.05, 0) is 44.2 Å². The number of carbonyl (C=O) groups excluding carboxylic acids is 1. The number of oxazole rings is 1. The molecule has 4 aromatic rings. The molecule has 228 valence electrons. The smallest absolute Gasteiger partial charge is 0.433 e. The predicted molar refractivity (Wildman–Crippen MR) is 141 cm³/mol. The van der Waals surface area contributed by atoms with E-state index < -0.39 is 29.6 Å². The number of alkyl halides is 6. The average molecular weight is 610 g/mol. The van der Waals surface area contributed by atoms with Crippen LogP contribution in [0.4, 0.5) is 32.3 Å². The molecule has 0 bridgehead atoms. The van der Waals surface area contributed by atoms with E-state index in [1.54, 1.807) is 19.9 Å². The Morgan fingerprint density at radius 3 is 2.26 bits per heavy atom. The van der Waals surface area contributed by atoms with Gasteiger partial charge in [-0.1, -0.05) is 0 Å². The number of halogens is 6. The summed E-state index contributed by atoms with van der Waals surface area (Å²) >= 11 is 0. The van der Waals surface area contributed by atoms with Crippen LogP contribution >= 0.6 is 0 Å². The van der Waals surface area contributed by atoms with E-state index in [2.05, 4.69) is 19.9 Å². The molecule has 1 aliphatic rings. The van der Waals surface area contributed by atoms with Gasteiger partial charge in [-0.2, -0.15) is 26.3 Å². The first-order valence-electron chi connectivity index (χ1n) is 13.1. The Kier molecular flexibility index (Phi) is 7.89. The van der Waals surface area contributed by atoms with E-state index in [0.29, 0.717) is 0 Å². The molecule has 16 heteroatoms. The highest BCUT2D eigenvalue weighted by molar-refractivity contribution is 5.98. The van der Waals surface area contributed by atoms with E-state index in [1.807, 2.05) is 0 Å². The molecule has 4 heterocycles. The Hall–Kier alpha value is -4.47. The van der Waals surface area contributed by atoms with Crippen molar-refractivity contribution in [1.82, 2.24) is 24.8 Å². The summed E-state index contributed by atoms with van der Waals surface area (Å²) in [6.45, 7) is 3.81. The van der Waals surface area contributed by atoms with Gasteiger partial charge in [0.15, 0.2) is 11.5 Å². The zero-order valence-corrected chi connectivity index (χ0v) is 22.8. The number of nitrogens with two attached hydrogens (primary N) is 1. The Bertz CT molecular complexity index is 1650. The average Bonchev–Trinajstić information content (AvgIpc) is 3.40. The van der Waals surface area contributed by atoms with Crippen molar-refractivity contribution >= 4 is 22.8 Å². The molecule has 0 aliphatic carbocycles. The van der Waals surface area contributed by atoms with Crippen molar-refractivity contribution in [2.75, 3.05) is 31.1 Å². The quantitative estimate of drug-likeness (QED) is 0.303. The fourth-order valence-electron chi connectivity index (χ4n) is 4.58. The summed E-state index contributed by atoms with van der Waals surface area (Å²) in [5, 5.41) is 0.254. The molecule has 0 radical (unpaired) electrons. The van der Waals surface area contributed by atoms with E-state index >= 15 is 0 Å². The number of carbonyl (C=O) groups is 1. The summed E-state index contributed by atoms with van der Waals surface area (Å²) in [6.07, 6.45) is -8.63. The minimum Gasteiger partial charge on any atom is -0.489 e. The summed E-state index contributed by atoms with van der Waals surface area (Å²) in [7, 11) is 0. The molecule has 0 atom stereocenters. The third kappa shape index (κ3) is 6.18. The van der Waals surface area contributed by atoms with Crippen molar-refractivity contribution in [3.05, 3.63) is 59.4 Å². The Morgan fingerprint density at radius 1 is 0.953 bits per heavy atom. The van der Waals surface area contributed by atoms with Crippen LogP contribution in [0.5, 0.6) is 5.75 Å². The van der Waals surface area contributed by atoms with Gasteiger partial charge in [0.1, 0.15) is 22.7 Å². The lowest BCUT2D eigenvalue weighted by Crippen LogP contribution is -2.49. The number of piperazine rings is 1. The summed E-state index contributed by atoms with van der Waals surface area (Å²) in [5.74, 6) is -0.500. The van der Waals surface area contributed by atoms with Crippen molar-refractivity contribution in [2.45, 2.75) is 38.8 Å². The van der Waals surface area contributed by atoms with Crippen LogP contribution in [-0.4, -0.2) is 63.0 Å². The van der Waals surface area contributed by atoms with Gasteiger partial charge < -0.3 is 24.7 Å². The van der Waals surface area contributed by atoms with E-state index in [4.69, 9.17) is 14.9 Å². The Balaban J connectivity index is 1.42. The number of fused-ring (bicyclic) bond motifs is 1. The van der Waals surface area contributed by atoms with Crippen LogP contribution in [0.15, 0.2) is 40.9 Å². The second-order valence-corrected chi connectivity index (χ2v) is 9.88. The van der Waals surface area contributed by atoms with Crippen LogP contribution in [0, 0.1) is 0 Å². The van der Waals surface area contributed by atoms with Crippen LogP contribution in [0.2, 0.25) is 0 Å². The molecule has 0 spiro atoms. The van der Waals surface area contributed by atoms with Gasteiger partial charge in [0.25, 0.3) is 5.91 Å². The molecule has 0 unspecified atom stereocenters. The van der Waals surface area contributed by atoms with Crippen molar-refractivity contribution in [3.63, 3.8) is 0 Å². The highest BCUT2D eigenvalue weighted by atomic mass is 19.4. The number of ether oxygens (including phenoxy) is 1. The predicted octanol–water partition coefficient (Wildman–Crippen LogP) is 4.93. The maximum atomic E-state index is 13.4. The zero-order chi connectivity index (χ0) is 31.1. The van der Waals surface area contributed by atoms with Gasteiger partial charge in [-0.15, -0.1) is 0 Å². The molecular formula is C27H25F6N7O3. The summed E-state index contributed by atoms with van der Waals surface area (Å²) < 4.78 is 91.0. The number of pyridine rings is 1. The summed E-state index contributed by atoms with van der Waals surface area (Å²) in [6, 6.07) is 5.84. The van der Waals surface area contributed by atoms with E-state index in [0.717, 1.165) is 18.3 Å². The normalized spacial score (nSPS) is 14.6. The molecule has 5 rings (SSSR count). The summed E-state index contributed by atoms with van der Waals surface area (Å²) in [4.78, 5) is 32.1. The van der Waals surface area contributed by atoms with Gasteiger partial charge in [-0.25, -0.2) is 19.9 Å². The van der Waals surface area contributed by atoms with Crippen LogP contribution in [0.3, 0.4) is 0 Å². The minimum atomic E-state index is -4.69. The van der Waals surface area contributed by atoms with E-state index in [1.165, 1.54) is 21.9 Å². The fraction of sp³-hybridized carbons (Fsp3) is 0.370. The van der Waals surface area contributed by atoms with Gasteiger partial charge in [0.05, 0.1) is 12.6 Å². The number of aromatic nitrogens is 4. The number of anilines is 1. The van der Waals surface area contributed by atoms with Crippen molar-refractivity contribution in [1.29, 1.82) is 0 Å². The molecule has 10 nitrogen and oxygen atoms in total. The standard InChI is InChI=1S/C27H25F6N7O3/c1-14(2)42-17-5-3-16(15-4-6-19(26(28,29)30)36-21(15)17)23-38-22(18(13-34)43-23)24(41)39-9-11-40(12-10-39)25-35-8-7-20(37-25)27(31,32)33/h3-8,14H,9-13,34H2,1-2H3. The van der Waals surface area contributed by atoms with Gasteiger partial charge in [-0.3, -0.25) is 4.79 Å². The Morgan fingerprint density at radius 2 is 1.63 bits per heavy atom. The highest BCUT2D eigenvalue weighted by Gasteiger charge is 2.35. The molecule has 43 heavy (non-hydrogen) atoms. The molecule has 1 aliphatic heterocycles. The molecular weight excluding hydrogens is 584 g/mol. The Labute approximate surface area is 240 Å². The molecule has 1 fully saturated rings. The molecule has 1 saturated heterocycles. The zero-order valence-electron chi connectivity index (χ0n) is 22.8. The van der Waals surface area contributed by atoms with E-state index in [9.17, 15) is 31.1 Å². The van der Waals surface area contributed by atoms with Crippen LogP contribution in [-0.2, 0) is 18.9 Å². The monoisotopic (exact) mass is 609 g/mol. The number of nitrogens with zero attached hydrogens (tertiary/aromatic N) is 6. The molecule has 1 aromatic carbocycles. The van der Waals surface area contributed by atoms with Crippen molar-refractivity contribution in [3.8, 4) is 17.2 Å². The van der Waals surface area contributed by atoms with E-state index in [-0.39, 0.29) is 84.3 Å². The largest absolute Gasteiger partial charge is 0.489 e. The molecule has 1 amide bonds. The first-order chi connectivity index (χ1) is 20.3. The molecule has 2 N–H and O–H groups in total. The second-order valence-electron chi connectivity index (χ2n) is 9.88. The van der Waals surface area contributed by atoms with Gasteiger partial charge in [0, 0.05) is 43.3 Å². The molecule has 0 saturated carbocycles. The lowest BCUT2D eigenvalue weighted by molar-refractivity contribution is -0.141. The number of amides is 1. The number of benzene rings is 1. The van der Waals surface area contributed by atoms with Crippen molar-refractivity contribution < 1.29 is 40.3 Å². The second kappa shape index (κ2) is 11.3. The number of hydrogen-bond acceptors (Lipinski definition) is 9. The van der Waals surface area contributed by atoms with Gasteiger partial charge in [0.2, 0.25) is 11.8 Å². The van der Waals surface area contributed by atoms with Crippen LogP contribution < -0.4 is 15.4 Å². The first-order valence-corrected chi connectivity index (χ1v) is 13.1. The number of hydrogen-bond donors (Lipinski definition) is 1. The lowest BCUT2D eigenvalue weighted by Gasteiger charge is -2.34. The third-order valence-electron chi connectivity index (χ3n) is 6.57. The summed E-state index contributed by atoms with van der Waals surface area (Å²) in [5.41, 5.74) is 3.79. The van der Waals surface area contributed by atoms with Gasteiger partial charge >= 0.3 is 12.4 Å². The number of rotatable bonds is 6. The maximum Gasteiger partial charge on any atom is 0.433 e. The SMILES string of the molecule is CC(C)Oc1ccc(-c2nc(C(=O)N3CCN(c4nccc(C(F)(F)F)n4)CC3)c(CN)o2)c2ccc(C(F)(F)F)nc12. The first kappa shape index (κ1) is 30.0. The molecule has 3 aromatic heterocycles.